The molecule has 0 fully saturated rings. The molecule has 16 heavy (non-hydrogen) atoms. The summed E-state index contributed by atoms with van der Waals surface area (Å²) in [5, 5.41) is 2.29. The van der Waals surface area contributed by atoms with Crippen LogP contribution in [-0.4, -0.2) is 26.2 Å². The van der Waals surface area contributed by atoms with Crippen molar-refractivity contribution < 1.29 is 19.2 Å². The van der Waals surface area contributed by atoms with Gasteiger partial charge in [0.05, 0.1) is 12.8 Å². The van der Waals surface area contributed by atoms with Crippen LogP contribution in [0, 0.1) is 5.41 Å². The Bertz CT molecular complexity index is 327. The molecule has 6 nitrogen and oxygen atoms in total. The van der Waals surface area contributed by atoms with Crippen LogP contribution in [-0.2, 0) is 14.4 Å². The van der Waals surface area contributed by atoms with Crippen LogP contribution < -0.4 is 10.8 Å². The second-order valence-electron chi connectivity index (χ2n) is 3.72. The first-order valence-corrected chi connectivity index (χ1v) is 4.98. The zero-order chi connectivity index (χ0) is 12.2. The number of esters is 1. The number of rotatable bonds is 3. The number of hydrogen-bond donors (Lipinski definition) is 2. The van der Waals surface area contributed by atoms with Gasteiger partial charge < -0.3 is 14.9 Å². The van der Waals surface area contributed by atoms with Crippen molar-refractivity contribution >= 4 is 12.1 Å². The van der Waals surface area contributed by atoms with Crippen LogP contribution in [0.2, 0.25) is 0 Å². The minimum atomic E-state index is -0.761. The second-order valence-corrected chi connectivity index (χ2v) is 3.72. The fraction of sp³-hybridized carbons (Fsp3) is 0.600. The SMILES string of the molecule is CNC(=O)ONC1=CCCC1(C)C(=O)OC. The van der Waals surface area contributed by atoms with Crippen LogP contribution in [0.15, 0.2) is 11.8 Å². The van der Waals surface area contributed by atoms with E-state index >= 15 is 0 Å². The Morgan fingerprint density at radius 2 is 2.19 bits per heavy atom. The van der Waals surface area contributed by atoms with Gasteiger partial charge in [0, 0.05) is 7.05 Å². The smallest absolute Gasteiger partial charge is 0.431 e. The molecule has 0 saturated carbocycles. The van der Waals surface area contributed by atoms with Gasteiger partial charge in [-0.05, 0) is 19.8 Å². The molecule has 0 radical (unpaired) electrons. The highest BCUT2D eigenvalue weighted by Gasteiger charge is 2.41. The summed E-state index contributed by atoms with van der Waals surface area (Å²) in [4.78, 5) is 27.2. The fourth-order valence-corrected chi connectivity index (χ4v) is 1.61. The Hall–Kier alpha value is -1.72. The van der Waals surface area contributed by atoms with E-state index in [0.29, 0.717) is 12.1 Å². The van der Waals surface area contributed by atoms with Gasteiger partial charge in [0.15, 0.2) is 0 Å². The van der Waals surface area contributed by atoms with E-state index in [1.807, 2.05) is 6.08 Å². The quantitative estimate of drug-likeness (QED) is 0.549. The predicted octanol–water partition coefficient (Wildman–Crippen LogP) is 0.704. The number of nitrogens with one attached hydrogen (secondary N) is 2. The molecule has 0 aromatic carbocycles. The minimum absolute atomic E-state index is 0.343. The Morgan fingerprint density at radius 1 is 1.50 bits per heavy atom. The third kappa shape index (κ3) is 2.26. The van der Waals surface area contributed by atoms with Crippen molar-refractivity contribution in [2.45, 2.75) is 19.8 Å². The summed E-state index contributed by atoms with van der Waals surface area (Å²) in [6.45, 7) is 1.75. The molecule has 1 amide bonds. The van der Waals surface area contributed by atoms with Gasteiger partial charge in [0.2, 0.25) is 0 Å². The van der Waals surface area contributed by atoms with E-state index in [-0.39, 0.29) is 5.97 Å². The normalized spacial score (nSPS) is 23.3. The number of ether oxygens (including phenoxy) is 1. The monoisotopic (exact) mass is 228 g/mol. The molecule has 6 heteroatoms. The van der Waals surface area contributed by atoms with Gasteiger partial charge in [-0.25, -0.2) is 10.3 Å². The van der Waals surface area contributed by atoms with Crippen molar-refractivity contribution in [2.75, 3.05) is 14.2 Å². The maximum atomic E-state index is 11.6. The minimum Gasteiger partial charge on any atom is -0.468 e. The Morgan fingerprint density at radius 3 is 2.75 bits per heavy atom. The first-order chi connectivity index (χ1) is 7.54. The van der Waals surface area contributed by atoms with Gasteiger partial charge in [-0.2, -0.15) is 0 Å². The molecule has 0 aliphatic heterocycles. The molecule has 1 rings (SSSR count). The van der Waals surface area contributed by atoms with Crippen LogP contribution in [0.3, 0.4) is 0 Å². The van der Waals surface area contributed by atoms with Crippen LogP contribution in [0.5, 0.6) is 0 Å². The number of amides is 1. The first kappa shape index (κ1) is 12.4. The van der Waals surface area contributed by atoms with E-state index in [1.165, 1.54) is 14.2 Å². The number of methoxy groups -OCH3 is 1. The molecule has 2 N–H and O–H groups in total. The van der Waals surface area contributed by atoms with Gasteiger partial charge in [0.1, 0.15) is 5.41 Å². The van der Waals surface area contributed by atoms with Crippen LogP contribution in [0.25, 0.3) is 0 Å². The zero-order valence-electron chi connectivity index (χ0n) is 9.62. The fourth-order valence-electron chi connectivity index (χ4n) is 1.61. The van der Waals surface area contributed by atoms with Crippen molar-refractivity contribution in [2.24, 2.45) is 5.41 Å². The molecule has 90 valence electrons. The average molecular weight is 228 g/mol. The van der Waals surface area contributed by atoms with Crippen molar-refractivity contribution in [3.8, 4) is 0 Å². The Kier molecular flexibility index (Phi) is 3.76. The topological polar surface area (TPSA) is 76.7 Å². The number of allylic oxidation sites excluding steroid dienone is 1. The summed E-state index contributed by atoms with van der Waals surface area (Å²) < 4.78 is 4.72. The van der Waals surface area contributed by atoms with E-state index in [0.717, 1.165) is 6.42 Å². The van der Waals surface area contributed by atoms with Crippen LogP contribution in [0.4, 0.5) is 4.79 Å². The summed E-state index contributed by atoms with van der Waals surface area (Å²) in [6.07, 6.45) is 2.59. The summed E-state index contributed by atoms with van der Waals surface area (Å²) in [5.41, 5.74) is 2.28. The summed E-state index contributed by atoms with van der Waals surface area (Å²) in [7, 11) is 2.79. The predicted molar refractivity (Wildman–Crippen MR) is 56.1 cm³/mol. The van der Waals surface area contributed by atoms with Crippen molar-refractivity contribution in [1.82, 2.24) is 10.8 Å². The maximum absolute atomic E-state index is 11.6. The van der Waals surface area contributed by atoms with E-state index < -0.39 is 11.5 Å². The standard InChI is InChI=1S/C10H16N2O4/c1-10(8(13)15-3)6-4-5-7(10)12-16-9(14)11-2/h5,12H,4,6H2,1-3H3,(H,11,14). The van der Waals surface area contributed by atoms with E-state index in [1.54, 1.807) is 6.92 Å². The molecular weight excluding hydrogens is 212 g/mol. The van der Waals surface area contributed by atoms with Crippen molar-refractivity contribution in [3.05, 3.63) is 11.8 Å². The van der Waals surface area contributed by atoms with Gasteiger partial charge >= 0.3 is 12.1 Å². The van der Waals surface area contributed by atoms with Gasteiger partial charge in [0.25, 0.3) is 0 Å². The lowest BCUT2D eigenvalue weighted by molar-refractivity contribution is -0.150. The van der Waals surface area contributed by atoms with E-state index in [4.69, 9.17) is 4.74 Å². The van der Waals surface area contributed by atoms with Gasteiger partial charge in [-0.1, -0.05) is 6.08 Å². The Labute approximate surface area is 93.9 Å². The van der Waals surface area contributed by atoms with E-state index in [2.05, 4.69) is 15.6 Å². The number of carbonyl (C=O) groups is 2. The molecule has 0 bridgehead atoms. The maximum Gasteiger partial charge on any atom is 0.431 e. The molecule has 0 saturated heterocycles. The highest BCUT2D eigenvalue weighted by Crippen LogP contribution is 2.38. The zero-order valence-corrected chi connectivity index (χ0v) is 9.62. The lowest BCUT2D eigenvalue weighted by Gasteiger charge is -2.24. The molecule has 0 aromatic heterocycles. The van der Waals surface area contributed by atoms with Crippen molar-refractivity contribution in [1.29, 1.82) is 0 Å². The van der Waals surface area contributed by atoms with Crippen LogP contribution >= 0.6 is 0 Å². The lowest BCUT2D eigenvalue weighted by Crippen LogP contribution is -2.37. The molecule has 1 atom stereocenters. The third-order valence-corrected chi connectivity index (χ3v) is 2.68. The average Bonchev–Trinajstić information content (AvgIpc) is 2.67. The summed E-state index contributed by atoms with van der Waals surface area (Å²) in [5.74, 6) is -0.343. The highest BCUT2D eigenvalue weighted by atomic mass is 16.7. The number of hydroxylamine groups is 1. The largest absolute Gasteiger partial charge is 0.468 e. The van der Waals surface area contributed by atoms with Gasteiger partial charge in [-0.15, -0.1) is 0 Å². The molecule has 0 aromatic rings. The third-order valence-electron chi connectivity index (χ3n) is 2.68. The summed E-state index contributed by atoms with van der Waals surface area (Å²) >= 11 is 0. The molecule has 1 aliphatic rings. The van der Waals surface area contributed by atoms with Crippen LogP contribution in [0.1, 0.15) is 19.8 Å². The molecular formula is C10H16N2O4. The second kappa shape index (κ2) is 4.87. The Balaban J connectivity index is 2.65. The highest BCUT2D eigenvalue weighted by molar-refractivity contribution is 5.80. The van der Waals surface area contributed by atoms with E-state index in [9.17, 15) is 9.59 Å². The molecule has 1 aliphatic carbocycles. The van der Waals surface area contributed by atoms with Gasteiger partial charge in [-0.3, -0.25) is 4.79 Å². The molecule has 0 heterocycles. The number of hydrogen-bond acceptors (Lipinski definition) is 5. The molecule has 0 spiro atoms. The lowest BCUT2D eigenvalue weighted by atomic mass is 9.88. The van der Waals surface area contributed by atoms with Crippen molar-refractivity contribution in [3.63, 3.8) is 0 Å². The molecule has 1 unspecified atom stereocenters. The summed E-state index contributed by atoms with van der Waals surface area (Å²) in [6, 6.07) is 0. The first-order valence-electron chi connectivity index (χ1n) is 4.98. The number of carbonyl (C=O) groups excluding carboxylic acids is 2.